The second-order valence-corrected chi connectivity index (χ2v) is 14.8. The highest BCUT2D eigenvalue weighted by Crippen LogP contribution is 2.35. The van der Waals surface area contributed by atoms with Gasteiger partial charge in [-0.25, -0.2) is 9.97 Å². The van der Waals surface area contributed by atoms with Gasteiger partial charge >= 0.3 is 0 Å². The minimum absolute atomic E-state index is 0.00545. The number of nitrogens with zero attached hydrogens (tertiary/aromatic N) is 5. The average molecular weight is 686 g/mol. The molecule has 2 saturated heterocycles. The summed E-state index contributed by atoms with van der Waals surface area (Å²) in [6.07, 6.45) is 13.0. The van der Waals surface area contributed by atoms with Crippen molar-refractivity contribution in [2.75, 3.05) is 24.5 Å². The van der Waals surface area contributed by atoms with Gasteiger partial charge in [0.05, 0.1) is 23.5 Å². The number of amides is 5. The zero-order valence-corrected chi connectivity index (χ0v) is 28.9. The predicted octanol–water partition coefficient (Wildman–Crippen LogP) is 3.48. The quantitative estimate of drug-likeness (QED) is 0.356. The van der Waals surface area contributed by atoms with Crippen LogP contribution in [0.4, 0.5) is 5.82 Å². The van der Waals surface area contributed by atoms with Crippen molar-refractivity contribution in [3.05, 3.63) is 47.4 Å². The molecule has 2 N–H and O–H groups in total. The topological polar surface area (TPSA) is 154 Å². The van der Waals surface area contributed by atoms with Gasteiger partial charge in [-0.2, -0.15) is 0 Å². The van der Waals surface area contributed by atoms with Gasteiger partial charge in [-0.05, 0) is 70.1 Å². The van der Waals surface area contributed by atoms with Crippen molar-refractivity contribution >= 4 is 35.4 Å². The molecule has 0 spiro atoms. The number of carbonyl (C=O) groups is 5. The number of rotatable bonds is 10. The first-order valence-corrected chi connectivity index (χ1v) is 18.3. The third kappa shape index (κ3) is 7.10. The lowest BCUT2D eigenvalue weighted by atomic mass is 9.85. The number of anilines is 1. The number of imide groups is 2. The van der Waals surface area contributed by atoms with E-state index < -0.39 is 29.7 Å². The Hall–Kier alpha value is -4.39. The molecule has 2 saturated carbocycles. The molecule has 50 heavy (non-hydrogen) atoms. The van der Waals surface area contributed by atoms with Crippen molar-refractivity contribution in [3.63, 3.8) is 0 Å². The lowest BCUT2D eigenvalue weighted by Gasteiger charge is -2.46. The lowest BCUT2D eigenvalue weighted by Crippen LogP contribution is -2.54. The molecule has 0 radical (unpaired) electrons. The summed E-state index contributed by atoms with van der Waals surface area (Å²) in [5.74, 6) is -0.295. The molecule has 2 aliphatic carbocycles. The van der Waals surface area contributed by atoms with Crippen LogP contribution in [-0.2, 0) is 9.59 Å². The Bertz CT molecular complexity index is 1630. The molecule has 13 heteroatoms. The summed E-state index contributed by atoms with van der Waals surface area (Å²) in [5.41, 5.74) is 0.850. The van der Waals surface area contributed by atoms with E-state index in [1.54, 1.807) is 30.6 Å². The highest BCUT2D eigenvalue weighted by atomic mass is 16.5. The van der Waals surface area contributed by atoms with E-state index in [0.29, 0.717) is 29.4 Å². The Kier molecular flexibility index (Phi) is 9.85. The zero-order valence-electron chi connectivity index (χ0n) is 28.9. The van der Waals surface area contributed by atoms with Crippen LogP contribution in [0, 0.1) is 5.92 Å². The first-order chi connectivity index (χ1) is 24.1. The number of ether oxygens (including phenoxy) is 1. The molecule has 1 aromatic heterocycles. The standard InChI is InChI=1S/C37H47N7O6/c1-22(2)43(21-23-12-14-42(15-13-23)32-20-38-30(19-39-32)34(46)40-24-6-4-3-5-7-24)25-16-27(17-25)50-26-8-9-28-29(18-26)37(49)44(36(28)48)31-10-11-33(45)41-35(31)47/h8-9,18-20,22-25,27,31H,3-7,10-17,21H2,1-2H3,(H,40,46)(H,41,45,47)/t25-,27-,31?. The van der Waals surface area contributed by atoms with Crippen molar-refractivity contribution in [2.24, 2.45) is 5.92 Å². The maximum atomic E-state index is 13.2. The van der Waals surface area contributed by atoms with Crippen LogP contribution >= 0.6 is 0 Å². The molecule has 7 rings (SSSR count). The maximum Gasteiger partial charge on any atom is 0.271 e. The first kappa shape index (κ1) is 34.1. The molecule has 5 amide bonds. The summed E-state index contributed by atoms with van der Waals surface area (Å²) in [6.45, 7) is 7.29. The van der Waals surface area contributed by atoms with Crippen LogP contribution < -0.4 is 20.3 Å². The van der Waals surface area contributed by atoms with Crippen LogP contribution in [0.3, 0.4) is 0 Å². The van der Waals surface area contributed by atoms with Gasteiger partial charge in [-0.15, -0.1) is 0 Å². The second-order valence-electron chi connectivity index (χ2n) is 14.8. The Morgan fingerprint density at radius 3 is 2.38 bits per heavy atom. The molecule has 2 aromatic rings. The van der Waals surface area contributed by atoms with Gasteiger partial charge in [0.2, 0.25) is 11.8 Å². The van der Waals surface area contributed by atoms with Crippen molar-refractivity contribution < 1.29 is 28.7 Å². The van der Waals surface area contributed by atoms with E-state index in [-0.39, 0.29) is 42.0 Å². The zero-order chi connectivity index (χ0) is 34.9. The van der Waals surface area contributed by atoms with Gasteiger partial charge in [0.25, 0.3) is 17.7 Å². The summed E-state index contributed by atoms with van der Waals surface area (Å²) in [4.78, 5) is 77.7. The molecule has 3 aliphatic heterocycles. The second kappa shape index (κ2) is 14.5. The van der Waals surface area contributed by atoms with Crippen molar-refractivity contribution in [1.29, 1.82) is 0 Å². The van der Waals surface area contributed by atoms with Gasteiger partial charge in [-0.1, -0.05) is 19.3 Å². The Morgan fingerprint density at radius 1 is 0.960 bits per heavy atom. The summed E-state index contributed by atoms with van der Waals surface area (Å²) in [7, 11) is 0. The van der Waals surface area contributed by atoms with Crippen LogP contribution in [0.25, 0.3) is 0 Å². The Labute approximate surface area is 292 Å². The molecule has 4 fully saturated rings. The van der Waals surface area contributed by atoms with E-state index in [1.807, 2.05) is 0 Å². The molecule has 13 nitrogen and oxygen atoms in total. The Morgan fingerprint density at radius 2 is 1.70 bits per heavy atom. The van der Waals surface area contributed by atoms with E-state index >= 15 is 0 Å². The molecule has 0 bridgehead atoms. The van der Waals surface area contributed by atoms with E-state index in [0.717, 1.165) is 81.7 Å². The molecule has 1 unspecified atom stereocenters. The lowest BCUT2D eigenvalue weighted by molar-refractivity contribution is -0.136. The molecule has 1 aromatic carbocycles. The third-order valence-electron chi connectivity index (χ3n) is 11.1. The van der Waals surface area contributed by atoms with Crippen molar-refractivity contribution in [1.82, 2.24) is 30.4 Å². The minimum Gasteiger partial charge on any atom is -0.490 e. The maximum absolute atomic E-state index is 13.2. The Balaban J connectivity index is 0.877. The monoisotopic (exact) mass is 685 g/mol. The number of aromatic nitrogens is 2. The van der Waals surface area contributed by atoms with Crippen LogP contribution in [0.15, 0.2) is 30.6 Å². The fourth-order valence-corrected chi connectivity index (χ4v) is 8.15. The number of piperidine rings is 2. The number of nitrogens with one attached hydrogen (secondary N) is 2. The van der Waals surface area contributed by atoms with E-state index in [4.69, 9.17) is 4.74 Å². The van der Waals surface area contributed by atoms with Gasteiger partial charge in [-0.3, -0.25) is 39.1 Å². The SMILES string of the molecule is CC(C)N(CC1CCN(c2cnc(C(=O)NC3CCCCC3)cn2)CC1)[C@H]1C[C@H](Oc2ccc3c(c2)C(=O)N(C2CCC(=O)NC2=O)C3=O)C1. The normalized spacial score (nSPS) is 24.8. The molecule has 1 atom stereocenters. The predicted molar refractivity (Wildman–Crippen MR) is 184 cm³/mol. The minimum atomic E-state index is -0.989. The van der Waals surface area contributed by atoms with Crippen molar-refractivity contribution in [2.45, 2.75) is 115 Å². The highest BCUT2D eigenvalue weighted by Gasteiger charge is 2.45. The first-order valence-electron chi connectivity index (χ1n) is 18.3. The van der Waals surface area contributed by atoms with E-state index in [2.05, 4.69) is 44.2 Å². The smallest absolute Gasteiger partial charge is 0.271 e. The van der Waals surface area contributed by atoms with Crippen LogP contribution in [0.5, 0.6) is 5.75 Å². The number of fused-ring (bicyclic) bond motifs is 1. The average Bonchev–Trinajstić information content (AvgIpc) is 3.34. The van der Waals surface area contributed by atoms with Gasteiger partial charge in [0.1, 0.15) is 29.4 Å². The fraction of sp³-hybridized carbons (Fsp3) is 0.595. The van der Waals surface area contributed by atoms with Crippen LogP contribution in [0.2, 0.25) is 0 Å². The molecule has 5 aliphatic rings. The summed E-state index contributed by atoms with van der Waals surface area (Å²) < 4.78 is 6.27. The highest BCUT2D eigenvalue weighted by molar-refractivity contribution is 6.23. The summed E-state index contributed by atoms with van der Waals surface area (Å²) in [5, 5.41) is 5.34. The molecule has 4 heterocycles. The largest absolute Gasteiger partial charge is 0.490 e. The van der Waals surface area contributed by atoms with Gasteiger partial charge in [0.15, 0.2) is 0 Å². The third-order valence-corrected chi connectivity index (χ3v) is 11.1. The van der Waals surface area contributed by atoms with E-state index in [1.165, 1.54) is 6.42 Å². The van der Waals surface area contributed by atoms with Crippen LogP contribution in [0.1, 0.15) is 116 Å². The molecular formula is C37H47N7O6. The number of benzene rings is 1. The number of hydrogen-bond donors (Lipinski definition) is 2. The number of hydrogen-bond acceptors (Lipinski definition) is 10. The summed E-state index contributed by atoms with van der Waals surface area (Å²) >= 11 is 0. The fourth-order valence-electron chi connectivity index (χ4n) is 8.15. The van der Waals surface area contributed by atoms with Crippen LogP contribution in [-0.4, -0.2) is 99.2 Å². The summed E-state index contributed by atoms with van der Waals surface area (Å²) in [6, 6.07) is 4.95. The molecule has 266 valence electrons. The van der Waals surface area contributed by atoms with E-state index in [9.17, 15) is 24.0 Å². The van der Waals surface area contributed by atoms with Crippen molar-refractivity contribution in [3.8, 4) is 5.75 Å². The van der Waals surface area contributed by atoms with Gasteiger partial charge < -0.3 is 15.0 Å². The molecular weight excluding hydrogens is 638 g/mol. The number of carbonyl (C=O) groups excluding carboxylic acids is 5. The van der Waals surface area contributed by atoms with Gasteiger partial charge in [0, 0.05) is 57.0 Å².